The number of ether oxygens (including phenoxy) is 1. The highest BCUT2D eigenvalue weighted by Gasteiger charge is 2.29. The van der Waals surface area contributed by atoms with Gasteiger partial charge in [-0.15, -0.1) is 0 Å². The number of carbonyl (C=O) groups is 2. The SMILES string of the molecule is O=C(NCCCN1CCCCCC1=O)c1cccnc1OCC(F)(F)F. The molecule has 1 aromatic heterocycles. The van der Waals surface area contributed by atoms with E-state index in [0.29, 0.717) is 25.9 Å². The van der Waals surface area contributed by atoms with Gasteiger partial charge in [0.1, 0.15) is 5.56 Å². The number of halogens is 3. The lowest BCUT2D eigenvalue weighted by atomic mass is 10.2. The number of pyridine rings is 1. The summed E-state index contributed by atoms with van der Waals surface area (Å²) in [5.41, 5.74) is -0.0531. The monoisotopic (exact) mass is 373 g/mol. The molecule has 1 aliphatic rings. The van der Waals surface area contributed by atoms with E-state index in [4.69, 9.17) is 0 Å². The average molecular weight is 373 g/mol. The highest BCUT2D eigenvalue weighted by atomic mass is 19.4. The highest BCUT2D eigenvalue weighted by molar-refractivity contribution is 5.96. The van der Waals surface area contributed by atoms with Gasteiger partial charge in [-0.25, -0.2) is 4.98 Å². The zero-order valence-electron chi connectivity index (χ0n) is 14.3. The molecule has 2 amide bonds. The van der Waals surface area contributed by atoms with Crippen LogP contribution in [0.5, 0.6) is 5.88 Å². The zero-order valence-corrected chi connectivity index (χ0v) is 14.3. The topological polar surface area (TPSA) is 71.5 Å². The number of nitrogens with one attached hydrogen (secondary N) is 1. The number of carbonyl (C=O) groups excluding carboxylic acids is 2. The fraction of sp³-hybridized carbons (Fsp3) is 0.588. The van der Waals surface area contributed by atoms with Crippen molar-refractivity contribution in [2.45, 2.75) is 38.3 Å². The summed E-state index contributed by atoms with van der Waals surface area (Å²) >= 11 is 0. The minimum Gasteiger partial charge on any atom is -0.467 e. The molecule has 2 heterocycles. The fourth-order valence-corrected chi connectivity index (χ4v) is 2.67. The van der Waals surface area contributed by atoms with Crippen LogP contribution in [0.25, 0.3) is 0 Å². The van der Waals surface area contributed by atoms with Crippen molar-refractivity contribution in [1.29, 1.82) is 0 Å². The number of aromatic nitrogens is 1. The molecule has 1 N–H and O–H groups in total. The number of amides is 2. The van der Waals surface area contributed by atoms with Gasteiger partial charge in [0.15, 0.2) is 6.61 Å². The Morgan fingerprint density at radius 2 is 2.12 bits per heavy atom. The molecule has 6 nitrogen and oxygen atoms in total. The van der Waals surface area contributed by atoms with Crippen molar-refractivity contribution in [2.24, 2.45) is 0 Å². The molecule has 2 rings (SSSR count). The standard InChI is InChI=1S/C17H22F3N3O3/c18-17(19,20)12-26-16-13(6-4-8-22-16)15(25)21-9-5-11-23-10-3-1-2-7-14(23)24/h4,6,8H,1-3,5,7,9-12H2,(H,21,25). The van der Waals surface area contributed by atoms with Crippen LogP contribution in [-0.2, 0) is 4.79 Å². The van der Waals surface area contributed by atoms with Crippen LogP contribution < -0.4 is 10.1 Å². The molecule has 0 spiro atoms. The number of nitrogens with zero attached hydrogens (tertiary/aromatic N) is 2. The lowest BCUT2D eigenvalue weighted by Crippen LogP contribution is -2.34. The fourth-order valence-electron chi connectivity index (χ4n) is 2.67. The second kappa shape index (κ2) is 9.40. The van der Waals surface area contributed by atoms with Gasteiger partial charge >= 0.3 is 6.18 Å². The maximum atomic E-state index is 12.3. The summed E-state index contributed by atoms with van der Waals surface area (Å²) in [4.78, 5) is 29.5. The Morgan fingerprint density at radius 1 is 1.31 bits per heavy atom. The quantitative estimate of drug-likeness (QED) is 0.746. The first-order chi connectivity index (χ1) is 12.4. The molecular formula is C17H22F3N3O3. The van der Waals surface area contributed by atoms with Crippen LogP contribution >= 0.6 is 0 Å². The number of rotatable bonds is 7. The van der Waals surface area contributed by atoms with E-state index in [9.17, 15) is 22.8 Å². The van der Waals surface area contributed by atoms with Crippen LogP contribution in [0.3, 0.4) is 0 Å². The van der Waals surface area contributed by atoms with Crippen LogP contribution in [0.4, 0.5) is 13.2 Å². The second-order valence-electron chi connectivity index (χ2n) is 6.06. The van der Waals surface area contributed by atoms with Crippen molar-refractivity contribution < 1.29 is 27.5 Å². The molecule has 0 saturated carbocycles. The predicted octanol–water partition coefficient (Wildman–Crippen LogP) is 2.55. The molecule has 0 aromatic carbocycles. The van der Waals surface area contributed by atoms with Crippen LogP contribution in [0.1, 0.15) is 42.5 Å². The van der Waals surface area contributed by atoms with Gasteiger partial charge in [0.25, 0.3) is 5.91 Å². The number of alkyl halides is 3. The first kappa shape index (κ1) is 20.0. The molecule has 144 valence electrons. The Hall–Kier alpha value is -2.32. The van der Waals surface area contributed by atoms with Gasteiger partial charge in [-0.1, -0.05) is 6.42 Å². The maximum Gasteiger partial charge on any atom is 0.422 e. The van der Waals surface area contributed by atoms with Gasteiger partial charge in [0, 0.05) is 32.3 Å². The van der Waals surface area contributed by atoms with E-state index in [2.05, 4.69) is 15.0 Å². The largest absolute Gasteiger partial charge is 0.467 e. The molecule has 1 aromatic rings. The van der Waals surface area contributed by atoms with Crippen LogP contribution in [0.2, 0.25) is 0 Å². The summed E-state index contributed by atoms with van der Waals surface area (Å²) in [6.45, 7) is 0.0615. The third-order valence-electron chi connectivity index (χ3n) is 3.95. The Balaban J connectivity index is 1.81. The summed E-state index contributed by atoms with van der Waals surface area (Å²) in [7, 11) is 0. The average Bonchev–Trinajstić information content (AvgIpc) is 2.80. The van der Waals surface area contributed by atoms with E-state index >= 15 is 0 Å². The van der Waals surface area contributed by atoms with Gasteiger partial charge in [-0.2, -0.15) is 13.2 Å². The molecule has 9 heteroatoms. The molecule has 0 radical (unpaired) electrons. The summed E-state index contributed by atoms with van der Waals surface area (Å²) < 4.78 is 41.4. The first-order valence-corrected chi connectivity index (χ1v) is 8.57. The minimum absolute atomic E-state index is 0.0531. The van der Waals surface area contributed by atoms with E-state index in [1.54, 1.807) is 4.90 Å². The van der Waals surface area contributed by atoms with Gasteiger partial charge in [-0.3, -0.25) is 9.59 Å². The summed E-state index contributed by atoms with van der Waals surface area (Å²) in [5.74, 6) is -0.786. The van der Waals surface area contributed by atoms with Crippen molar-refractivity contribution in [3.05, 3.63) is 23.9 Å². The van der Waals surface area contributed by atoms with Crippen molar-refractivity contribution in [1.82, 2.24) is 15.2 Å². The van der Waals surface area contributed by atoms with E-state index in [-0.39, 0.29) is 17.4 Å². The molecule has 0 aliphatic carbocycles. The van der Waals surface area contributed by atoms with Crippen molar-refractivity contribution in [3.63, 3.8) is 0 Å². The number of likely N-dealkylation sites (tertiary alicyclic amines) is 1. The Bertz CT molecular complexity index is 623. The lowest BCUT2D eigenvalue weighted by molar-refractivity contribution is -0.154. The number of hydrogen-bond acceptors (Lipinski definition) is 4. The minimum atomic E-state index is -4.51. The molecule has 1 aliphatic heterocycles. The molecule has 26 heavy (non-hydrogen) atoms. The molecular weight excluding hydrogens is 351 g/mol. The molecule has 1 fully saturated rings. The third-order valence-corrected chi connectivity index (χ3v) is 3.95. The van der Waals surface area contributed by atoms with E-state index in [1.165, 1.54) is 18.3 Å². The van der Waals surface area contributed by atoms with E-state index in [0.717, 1.165) is 25.8 Å². The highest BCUT2D eigenvalue weighted by Crippen LogP contribution is 2.20. The normalized spacial score (nSPS) is 15.5. The second-order valence-corrected chi connectivity index (χ2v) is 6.06. The molecule has 1 saturated heterocycles. The predicted molar refractivity (Wildman–Crippen MR) is 87.8 cm³/mol. The van der Waals surface area contributed by atoms with Crippen LogP contribution in [0.15, 0.2) is 18.3 Å². The molecule has 0 unspecified atom stereocenters. The third kappa shape index (κ3) is 6.53. The Labute approximate surface area is 149 Å². The van der Waals surface area contributed by atoms with Gasteiger partial charge < -0.3 is 15.0 Å². The van der Waals surface area contributed by atoms with E-state index in [1.807, 2.05) is 0 Å². The van der Waals surface area contributed by atoms with Crippen LogP contribution in [0, 0.1) is 0 Å². The first-order valence-electron chi connectivity index (χ1n) is 8.57. The Morgan fingerprint density at radius 3 is 2.88 bits per heavy atom. The van der Waals surface area contributed by atoms with Gasteiger partial charge in [0.2, 0.25) is 11.8 Å². The lowest BCUT2D eigenvalue weighted by Gasteiger charge is -2.20. The summed E-state index contributed by atoms with van der Waals surface area (Å²) in [6, 6.07) is 2.80. The summed E-state index contributed by atoms with van der Waals surface area (Å²) in [6.07, 6.45) is 0.805. The molecule has 0 atom stereocenters. The summed E-state index contributed by atoms with van der Waals surface area (Å²) in [5, 5.41) is 2.63. The Kier molecular flexibility index (Phi) is 7.23. The van der Waals surface area contributed by atoms with Crippen molar-refractivity contribution in [2.75, 3.05) is 26.2 Å². The van der Waals surface area contributed by atoms with Crippen molar-refractivity contribution in [3.8, 4) is 5.88 Å². The van der Waals surface area contributed by atoms with Crippen LogP contribution in [-0.4, -0.2) is 54.1 Å². The zero-order chi connectivity index (χ0) is 19.0. The molecule has 0 bridgehead atoms. The van der Waals surface area contributed by atoms with Gasteiger partial charge in [0.05, 0.1) is 0 Å². The maximum absolute atomic E-state index is 12.3. The number of hydrogen-bond donors (Lipinski definition) is 1. The smallest absolute Gasteiger partial charge is 0.422 e. The van der Waals surface area contributed by atoms with E-state index < -0.39 is 18.7 Å². The van der Waals surface area contributed by atoms with Gasteiger partial charge in [-0.05, 0) is 31.4 Å². The van der Waals surface area contributed by atoms with Crippen molar-refractivity contribution >= 4 is 11.8 Å².